The van der Waals surface area contributed by atoms with Crippen molar-refractivity contribution in [2.24, 2.45) is 0 Å². The number of carbonyl (C=O) groups is 2. The minimum Gasteiger partial charge on any atom is -0.493 e. The molecular formula is C23H30N2O6. The molecule has 0 radical (unpaired) electrons. The van der Waals surface area contributed by atoms with Crippen LogP contribution in [0.3, 0.4) is 0 Å². The van der Waals surface area contributed by atoms with E-state index in [1.54, 1.807) is 12.1 Å². The van der Waals surface area contributed by atoms with Gasteiger partial charge in [-0.05, 0) is 49.6 Å². The van der Waals surface area contributed by atoms with Crippen LogP contribution >= 0.6 is 0 Å². The van der Waals surface area contributed by atoms with Crippen LogP contribution in [0.2, 0.25) is 0 Å². The van der Waals surface area contributed by atoms with Crippen LogP contribution in [0.1, 0.15) is 27.0 Å². The molecule has 8 nitrogen and oxygen atoms in total. The Morgan fingerprint density at radius 1 is 0.806 bits per heavy atom. The Kier molecular flexibility index (Phi) is 8.54. The van der Waals surface area contributed by atoms with Gasteiger partial charge in [0, 0.05) is 18.7 Å². The van der Waals surface area contributed by atoms with Gasteiger partial charge in [-0.2, -0.15) is 0 Å². The van der Waals surface area contributed by atoms with Crippen LogP contribution in [0.4, 0.5) is 0 Å². The Labute approximate surface area is 182 Å². The van der Waals surface area contributed by atoms with Gasteiger partial charge in [0.25, 0.3) is 11.8 Å². The summed E-state index contributed by atoms with van der Waals surface area (Å²) in [4.78, 5) is 24.5. The largest absolute Gasteiger partial charge is 0.493 e. The molecule has 0 unspecified atom stereocenters. The summed E-state index contributed by atoms with van der Waals surface area (Å²) in [5.41, 5.74) is 3.46. The first-order chi connectivity index (χ1) is 14.8. The highest BCUT2D eigenvalue weighted by Crippen LogP contribution is 2.38. The van der Waals surface area contributed by atoms with Gasteiger partial charge in [0.05, 0.1) is 21.3 Å². The second-order valence-electron chi connectivity index (χ2n) is 6.96. The van der Waals surface area contributed by atoms with Crippen molar-refractivity contribution in [3.8, 4) is 23.0 Å². The molecule has 168 valence electrons. The number of aryl methyl sites for hydroxylation is 2. The van der Waals surface area contributed by atoms with E-state index in [4.69, 9.17) is 18.9 Å². The Hall–Kier alpha value is -3.42. The molecule has 0 saturated carbocycles. The van der Waals surface area contributed by atoms with Crippen LogP contribution < -0.4 is 29.6 Å². The van der Waals surface area contributed by atoms with Crippen molar-refractivity contribution in [2.75, 3.05) is 41.0 Å². The second kappa shape index (κ2) is 11.1. The number of rotatable bonds is 10. The van der Waals surface area contributed by atoms with Gasteiger partial charge in [0.2, 0.25) is 5.75 Å². The number of ether oxygens (including phenoxy) is 4. The normalized spacial score (nSPS) is 10.3. The molecule has 2 aromatic rings. The topological polar surface area (TPSA) is 95.1 Å². The lowest BCUT2D eigenvalue weighted by Gasteiger charge is -2.15. The highest BCUT2D eigenvalue weighted by molar-refractivity contribution is 5.95. The van der Waals surface area contributed by atoms with Gasteiger partial charge in [0.15, 0.2) is 18.1 Å². The summed E-state index contributed by atoms with van der Waals surface area (Å²) in [6.07, 6.45) is 0. The van der Waals surface area contributed by atoms with E-state index in [1.165, 1.54) is 21.3 Å². The van der Waals surface area contributed by atoms with Crippen LogP contribution in [-0.4, -0.2) is 52.8 Å². The maximum absolute atomic E-state index is 12.4. The number of amides is 2. The second-order valence-corrected chi connectivity index (χ2v) is 6.96. The van der Waals surface area contributed by atoms with Crippen molar-refractivity contribution < 1.29 is 28.5 Å². The van der Waals surface area contributed by atoms with Gasteiger partial charge in [-0.1, -0.05) is 12.1 Å². The van der Waals surface area contributed by atoms with Gasteiger partial charge >= 0.3 is 0 Å². The molecule has 0 heterocycles. The lowest BCUT2D eigenvalue weighted by molar-refractivity contribution is -0.123. The van der Waals surface area contributed by atoms with E-state index in [9.17, 15) is 9.59 Å². The van der Waals surface area contributed by atoms with E-state index in [0.29, 0.717) is 22.8 Å². The van der Waals surface area contributed by atoms with E-state index in [2.05, 4.69) is 10.6 Å². The quantitative estimate of drug-likeness (QED) is 0.563. The Morgan fingerprint density at radius 3 is 1.97 bits per heavy atom. The zero-order chi connectivity index (χ0) is 23.0. The average Bonchev–Trinajstić information content (AvgIpc) is 2.77. The maximum atomic E-state index is 12.4. The molecule has 2 aromatic carbocycles. The van der Waals surface area contributed by atoms with E-state index < -0.39 is 0 Å². The van der Waals surface area contributed by atoms with Crippen molar-refractivity contribution >= 4 is 11.8 Å². The third-order valence-electron chi connectivity index (χ3n) is 4.88. The summed E-state index contributed by atoms with van der Waals surface area (Å²) < 4.78 is 21.5. The van der Waals surface area contributed by atoms with Crippen LogP contribution in [0.25, 0.3) is 0 Å². The predicted octanol–water partition coefficient (Wildman–Crippen LogP) is 2.56. The molecule has 0 saturated heterocycles. The third kappa shape index (κ3) is 6.04. The first kappa shape index (κ1) is 23.9. The van der Waals surface area contributed by atoms with Crippen molar-refractivity contribution in [3.05, 3.63) is 46.5 Å². The Bertz CT molecular complexity index is 917. The lowest BCUT2D eigenvalue weighted by Crippen LogP contribution is -2.36. The molecule has 0 fully saturated rings. The molecule has 0 aliphatic carbocycles. The van der Waals surface area contributed by atoms with E-state index >= 15 is 0 Å². The zero-order valence-corrected chi connectivity index (χ0v) is 18.9. The molecule has 0 aromatic heterocycles. The molecule has 0 atom stereocenters. The van der Waals surface area contributed by atoms with Crippen LogP contribution in [-0.2, 0) is 4.79 Å². The molecule has 31 heavy (non-hydrogen) atoms. The number of nitrogens with one attached hydrogen (secondary N) is 2. The molecule has 2 rings (SSSR count). The van der Waals surface area contributed by atoms with Gasteiger partial charge in [0.1, 0.15) is 5.75 Å². The maximum Gasteiger partial charge on any atom is 0.258 e. The zero-order valence-electron chi connectivity index (χ0n) is 18.9. The van der Waals surface area contributed by atoms with Crippen LogP contribution in [0, 0.1) is 20.8 Å². The highest BCUT2D eigenvalue weighted by atomic mass is 16.5. The third-order valence-corrected chi connectivity index (χ3v) is 4.88. The summed E-state index contributed by atoms with van der Waals surface area (Å²) in [5, 5.41) is 5.48. The van der Waals surface area contributed by atoms with Gasteiger partial charge < -0.3 is 29.6 Å². The van der Waals surface area contributed by atoms with Gasteiger partial charge in [-0.15, -0.1) is 0 Å². The average molecular weight is 431 g/mol. The minimum absolute atomic E-state index is 0.0913. The lowest BCUT2D eigenvalue weighted by atomic mass is 10.1. The number of benzene rings is 2. The van der Waals surface area contributed by atoms with E-state index in [-0.39, 0.29) is 31.5 Å². The van der Waals surface area contributed by atoms with Crippen molar-refractivity contribution in [1.29, 1.82) is 0 Å². The summed E-state index contributed by atoms with van der Waals surface area (Å²) in [5.74, 6) is 1.33. The van der Waals surface area contributed by atoms with E-state index in [0.717, 1.165) is 22.4 Å². The number of hydrogen-bond acceptors (Lipinski definition) is 6. The first-order valence-corrected chi connectivity index (χ1v) is 9.86. The summed E-state index contributed by atoms with van der Waals surface area (Å²) >= 11 is 0. The van der Waals surface area contributed by atoms with Gasteiger partial charge in [-0.25, -0.2) is 0 Å². The summed E-state index contributed by atoms with van der Waals surface area (Å²) in [6, 6.07) is 7.12. The van der Waals surface area contributed by atoms with E-state index in [1.807, 2.05) is 32.9 Å². The summed E-state index contributed by atoms with van der Waals surface area (Å²) in [7, 11) is 4.46. The molecule has 2 N–H and O–H groups in total. The van der Waals surface area contributed by atoms with Crippen LogP contribution in [0.5, 0.6) is 23.0 Å². The predicted molar refractivity (Wildman–Crippen MR) is 118 cm³/mol. The fourth-order valence-corrected chi connectivity index (χ4v) is 3.03. The van der Waals surface area contributed by atoms with Crippen molar-refractivity contribution in [2.45, 2.75) is 20.8 Å². The molecule has 0 aliphatic rings. The molecule has 0 aliphatic heterocycles. The molecule has 0 bridgehead atoms. The molecular weight excluding hydrogens is 400 g/mol. The number of hydrogen-bond donors (Lipinski definition) is 2. The summed E-state index contributed by atoms with van der Waals surface area (Å²) in [6.45, 7) is 6.34. The monoisotopic (exact) mass is 430 g/mol. The fourth-order valence-electron chi connectivity index (χ4n) is 3.03. The molecule has 0 spiro atoms. The highest BCUT2D eigenvalue weighted by Gasteiger charge is 2.17. The number of methoxy groups -OCH3 is 3. The van der Waals surface area contributed by atoms with Crippen molar-refractivity contribution in [1.82, 2.24) is 10.6 Å². The Morgan fingerprint density at radius 2 is 1.39 bits per heavy atom. The smallest absolute Gasteiger partial charge is 0.258 e. The standard InChI is InChI=1S/C23H30N2O6/c1-14-7-8-15(2)21(16(14)3)31-13-20(26)24-9-10-25-23(27)17-11-18(28-4)22(30-6)19(12-17)29-5/h7-8,11-12H,9-10,13H2,1-6H3,(H,24,26)(H,25,27). The fraction of sp³-hybridized carbons (Fsp3) is 0.391. The molecule has 8 heteroatoms. The minimum atomic E-state index is -0.323. The van der Waals surface area contributed by atoms with Gasteiger partial charge in [-0.3, -0.25) is 9.59 Å². The van der Waals surface area contributed by atoms with Crippen LogP contribution in [0.15, 0.2) is 24.3 Å². The van der Waals surface area contributed by atoms with Crippen molar-refractivity contribution in [3.63, 3.8) is 0 Å². The molecule has 2 amide bonds. The first-order valence-electron chi connectivity index (χ1n) is 9.86. The SMILES string of the molecule is COc1cc(C(=O)NCCNC(=O)COc2c(C)ccc(C)c2C)cc(OC)c1OC. The Balaban J connectivity index is 1.84. The number of carbonyl (C=O) groups excluding carboxylic acids is 2.